The van der Waals surface area contributed by atoms with E-state index in [1.807, 2.05) is 31.2 Å². The van der Waals surface area contributed by atoms with Gasteiger partial charge in [-0.3, -0.25) is 4.57 Å². The van der Waals surface area contributed by atoms with Crippen molar-refractivity contribution >= 4 is 17.4 Å². The summed E-state index contributed by atoms with van der Waals surface area (Å²) in [5, 5.41) is 12.9. The molecule has 0 atom stereocenters. The fourth-order valence-electron chi connectivity index (χ4n) is 1.86. The summed E-state index contributed by atoms with van der Waals surface area (Å²) in [6.45, 7) is 1.99. The quantitative estimate of drug-likeness (QED) is 0.777. The van der Waals surface area contributed by atoms with Crippen LogP contribution >= 0.6 is 0 Å². The van der Waals surface area contributed by atoms with Crippen LogP contribution in [-0.2, 0) is 0 Å². The summed E-state index contributed by atoms with van der Waals surface area (Å²) < 4.78 is 1.68. The van der Waals surface area contributed by atoms with E-state index in [1.165, 1.54) is 0 Å². The lowest BCUT2D eigenvalue weighted by Gasteiger charge is -2.08. The molecule has 2 heterocycles. The van der Waals surface area contributed by atoms with Crippen LogP contribution in [0.1, 0.15) is 5.56 Å². The molecular formula is C15H14N6O. The van der Waals surface area contributed by atoms with Crippen LogP contribution in [0.5, 0.6) is 0 Å². The number of anilines is 2. The van der Waals surface area contributed by atoms with Crippen molar-refractivity contribution in [1.29, 1.82) is 0 Å². The standard InChI is InChI=1S/C15H14N6O/c1-11-2-4-12(5-3-11)19-15(22)20-13-6-7-14(16-8-13)21-9-17-18-10-21/h2-10H,1H3,(H2,19,20,22). The van der Waals surface area contributed by atoms with E-state index in [1.54, 1.807) is 35.6 Å². The zero-order chi connectivity index (χ0) is 15.4. The molecule has 1 aromatic carbocycles. The van der Waals surface area contributed by atoms with Gasteiger partial charge >= 0.3 is 6.03 Å². The molecule has 0 saturated heterocycles. The second-order valence-electron chi connectivity index (χ2n) is 4.72. The van der Waals surface area contributed by atoms with Gasteiger partial charge in [-0.05, 0) is 31.2 Å². The predicted octanol–water partition coefficient (Wildman–Crippen LogP) is 2.61. The van der Waals surface area contributed by atoms with E-state index < -0.39 is 0 Å². The molecule has 0 aliphatic heterocycles. The zero-order valence-corrected chi connectivity index (χ0v) is 11.9. The van der Waals surface area contributed by atoms with Gasteiger partial charge in [-0.1, -0.05) is 17.7 Å². The van der Waals surface area contributed by atoms with Crippen LogP contribution in [0.2, 0.25) is 0 Å². The third-order valence-corrected chi connectivity index (χ3v) is 3.00. The summed E-state index contributed by atoms with van der Waals surface area (Å²) in [5.74, 6) is 0.675. The van der Waals surface area contributed by atoms with E-state index in [9.17, 15) is 4.79 Å². The molecule has 0 spiro atoms. The van der Waals surface area contributed by atoms with E-state index >= 15 is 0 Å². The topological polar surface area (TPSA) is 84.7 Å². The number of amides is 2. The average molecular weight is 294 g/mol. The summed E-state index contributed by atoms with van der Waals surface area (Å²) in [6.07, 6.45) is 4.68. The first-order chi connectivity index (χ1) is 10.7. The van der Waals surface area contributed by atoms with Crippen molar-refractivity contribution in [2.24, 2.45) is 0 Å². The molecule has 110 valence electrons. The first-order valence-corrected chi connectivity index (χ1v) is 6.66. The number of benzene rings is 1. The smallest absolute Gasteiger partial charge is 0.308 e. The molecule has 7 heteroatoms. The van der Waals surface area contributed by atoms with Crippen LogP contribution in [0.15, 0.2) is 55.2 Å². The number of urea groups is 1. The third-order valence-electron chi connectivity index (χ3n) is 3.00. The Hall–Kier alpha value is -3.22. The number of hydrogen-bond acceptors (Lipinski definition) is 4. The van der Waals surface area contributed by atoms with Gasteiger partial charge in [0.05, 0.1) is 11.9 Å². The van der Waals surface area contributed by atoms with Crippen LogP contribution in [0.4, 0.5) is 16.2 Å². The maximum Gasteiger partial charge on any atom is 0.323 e. The Morgan fingerprint density at radius 3 is 2.23 bits per heavy atom. The molecule has 3 aromatic rings. The van der Waals surface area contributed by atoms with E-state index in [4.69, 9.17) is 0 Å². The van der Waals surface area contributed by atoms with E-state index in [-0.39, 0.29) is 6.03 Å². The van der Waals surface area contributed by atoms with Crippen molar-refractivity contribution in [3.05, 3.63) is 60.8 Å². The monoisotopic (exact) mass is 294 g/mol. The number of aromatic nitrogens is 4. The van der Waals surface area contributed by atoms with E-state index in [0.29, 0.717) is 11.5 Å². The van der Waals surface area contributed by atoms with Crippen LogP contribution in [0, 0.1) is 6.92 Å². The maximum atomic E-state index is 11.9. The Bertz CT molecular complexity index is 750. The number of nitrogens with zero attached hydrogens (tertiary/aromatic N) is 4. The fraction of sp³-hybridized carbons (Fsp3) is 0.0667. The second-order valence-corrected chi connectivity index (χ2v) is 4.72. The largest absolute Gasteiger partial charge is 0.323 e. The Morgan fingerprint density at radius 1 is 0.955 bits per heavy atom. The molecule has 0 fully saturated rings. The molecule has 7 nitrogen and oxygen atoms in total. The maximum absolute atomic E-state index is 11.9. The van der Waals surface area contributed by atoms with E-state index in [2.05, 4.69) is 25.8 Å². The van der Waals surface area contributed by atoms with Gasteiger partial charge in [0.15, 0.2) is 0 Å². The van der Waals surface area contributed by atoms with Crippen LogP contribution in [-0.4, -0.2) is 25.8 Å². The third kappa shape index (κ3) is 3.26. The van der Waals surface area contributed by atoms with Crippen molar-refractivity contribution in [2.75, 3.05) is 10.6 Å². The van der Waals surface area contributed by atoms with Gasteiger partial charge in [0.25, 0.3) is 0 Å². The minimum Gasteiger partial charge on any atom is -0.308 e. The molecular weight excluding hydrogens is 280 g/mol. The minimum absolute atomic E-state index is 0.317. The lowest BCUT2D eigenvalue weighted by Crippen LogP contribution is -2.19. The average Bonchev–Trinajstić information content (AvgIpc) is 3.05. The Morgan fingerprint density at radius 2 is 1.59 bits per heavy atom. The molecule has 0 aliphatic carbocycles. The van der Waals surface area contributed by atoms with Crippen LogP contribution in [0.25, 0.3) is 5.82 Å². The van der Waals surface area contributed by atoms with Crippen molar-refractivity contribution in [3.8, 4) is 5.82 Å². The van der Waals surface area contributed by atoms with Crippen molar-refractivity contribution < 1.29 is 4.79 Å². The first-order valence-electron chi connectivity index (χ1n) is 6.66. The van der Waals surface area contributed by atoms with Gasteiger partial charge in [0, 0.05) is 5.69 Å². The number of rotatable bonds is 3. The SMILES string of the molecule is Cc1ccc(NC(=O)Nc2ccc(-n3cnnc3)nc2)cc1. The van der Waals surface area contributed by atoms with Gasteiger partial charge in [0.2, 0.25) is 0 Å². The van der Waals surface area contributed by atoms with Crippen LogP contribution < -0.4 is 10.6 Å². The molecule has 2 aromatic heterocycles. The molecule has 2 N–H and O–H groups in total. The minimum atomic E-state index is -0.317. The molecule has 22 heavy (non-hydrogen) atoms. The van der Waals surface area contributed by atoms with Gasteiger partial charge < -0.3 is 10.6 Å². The van der Waals surface area contributed by atoms with Gasteiger partial charge in [-0.15, -0.1) is 10.2 Å². The predicted molar refractivity (Wildman–Crippen MR) is 83.0 cm³/mol. The Balaban J connectivity index is 1.63. The van der Waals surface area contributed by atoms with Crippen molar-refractivity contribution in [1.82, 2.24) is 19.7 Å². The molecule has 2 amide bonds. The summed E-state index contributed by atoms with van der Waals surface area (Å²) in [4.78, 5) is 16.1. The number of hydrogen-bond donors (Lipinski definition) is 2. The lowest BCUT2D eigenvalue weighted by molar-refractivity contribution is 0.262. The molecule has 0 aliphatic rings. The summed E-state index contributed by atoms with van der Waals surface area (Å²) in [5.41, 5.74) is 2.47. The van der Waals surface area contributed by atoms with Crippen molar-refractivity contribution in [3.63, 3.8) is 0 Å². The number of pyridine rings is 1. The highest BCUT2D eigenvalue weighted by molar-refractivity contribution is 5.99. The summed E-state index contributed by atoms with van der Waals surface area (Å²) in [7, 11) is 0. The zero-order valence-electron chi connectivity index (χ0n) is 11.9. The lowest BCUT2D eigenvalue weighted by atomic mass is 10.2. The number of nitrogens with one attached hydrogen (secondary N) is 2. The molecule has 0 saturated carbocycles. The highest BCUT2D eigenvalue weighted by atomic mass is 16.2. The molecule has 0 bridgehead atoms. The first kappa shape index (κ1) is 13.7. The Kier molecular flexibility index (Phi) is 3.78. The number of aryl methyl sites for hydroxylation is 1. The van der Waals surface area contributed by atoms with Gasteiger partial charge in [0.1, 0.15) is 18.5 Å². The highest BCUT2D eigenvalue weighted by Crippen LogP contribution is 2.11. The fourth-order valence-corrected chi connectivity index (χ4v) is 1.86. The summed E-state index contributed by atoms with van der Waals surface area (Å²) >= 11 is 0. The van der Waals surface area contributed by atoms with Gasteiger partial charge in [-0.25, -0.2) is 9.78 Å². The molecule has 3 rings (SSSR count). The Labute approximate surface area is 127 Å². The number of carbonyl (C=O) groups is 1. The van der Waals surface area contributed by atoms with Crippen molar-refractivity contribution in [2.45, 2.75) is 6.92 Å². The van der Waals surface area contributed by atoms with Crippen LogP contribution in [0.3, 0.4) is 0 Å². The summed E-state index contributed by atoms with van der Waals surface area (Å²) in [6, 6.07) is 10.8. The second kappa shape index (κ2) is 6.04. The molecule has 0 radical (unpaired) electrons. The number of carbonyl (C=O) groups excluding carboxylic acids is 1. The van der Waals surface area contributed by atoms with Gasteiger partial charge in [-0.2, -0.15) is 0 Å². The molecule has 0 unspecified atom stereocenters. The highest BCUT2D eigenvalue weighted by Gasteiger charge is 2.04. The normalized spacial score (nSPS) is 10.2. The van der Waals surface area contributed by atoms with E-state index in [0.717, 1.165) is 11.3 Å².